The first kappa shape index (κ1) is 71.1. The summed E-state index contributed by atoms with van der Waals surface area (Å²) in [5, 5.41) is 193. The molecule has 34 heteroatoms. The van der Waals surface area contributed by atoms with Gasteiger partial charge in [0.25, 0.3) is 0 Å². The molecule has 90 heavy (non-hydrogen) atoms. The number of hydrogen-bond donors (Lipinski definition) is 18. The zero-order chi connectivity index (χ0) is 65.2. The lowest BCUT2D eigenvalue weighted by molar-refractivity contribution is -0.380. The molecule has 0 spiro atoms. The van der Waals surface area contributed by atoms with Crippen LogP contribution in [-0.2, 0) is 71.3 Å². The van der Waals surface area contributed by atoms with Gasteiger partial charge in [-0.1, -0.05) is 0 Å². The minimum atomic E-state index is -2.03. The van der Waals surface area contributed by atoms with Gasteiger partial charge in [0.2, 0.25) is 0 Å². The molecule has 4 saturated carbocycles. The molecule has 34 nitrogen and oxygen atoms in total. The average molecular weight is 1310 g/mol. The van der Waals surface area contributed by atoms with Crippen molar-refractivity contribution in [2.75, 3.05) is 26.4 Å². The lowest BCUT2D eigenvalue weighted by Gasteiger charge is -2.50. The van der Waals surface area contributed by atoms with E-state index in [2.05, 4.69) is 0 Å². The quantitative estimate of drug-likeness (QED) is 0.0233. The van der Waals surface area contributed by atoms with Gasteiger partial charge in [0.1, 0.15) is 136 Å². The number of carboxylic acids is 1. The fraction of sp³-hybridized carbons (Fsp3) is 0.929. The Morgan fingerprint density at radius 1 is 0.422 bits per heavy atom. The van der Waals surface area contributed by atoms with Crippen LogP contribution in [0.5, 0.6) is 0 Å². The third kappa shape index (κ3) is 16.5. The van der Waals surface area contributed by atoms with Gasteiger partial charge >= 0.3 is 23.9 Å². The van der Waals surface area contributed by atoms with E-state index >= 15 is 0 Å². The van der Waals surface area contributed by atoms with E-state index in [4.69, 9.17) is 61.9 Å². The lowest BCUT2D eigenvalue weighted by atomic mass is 9.72. The summed E-state index contributed by atoms with van der Waals surface area (Å²) in [7, 11) is 0. The van der Waals surface area contributed by atoms with E-state index in [9.17, 15) is 106 Å². The maximum atomic E-state index is 13.7. The van der Waals surface area contributed by atoms with Crippen molar-refractivity contribution >= 4 is 23.9 Å². The number of carbonyl (C=O) groups is 4. The van der Waals surface area contributed by atoms with Crippen LogP contribution in [0.4, 0.5) is 0 Å². The molecule has 9 rings (SSSR count). The Balaban J connectivity index is 0.850. The fourth-order valence-electron chi connectivity index (χ4n) is 13.8. The van der Waals surface area contributed by atoms with Gasteiger partial charge in [0.05, 0.1) is 61.0 Å². The third-order valence-corrected chi connectivity index (χ3v) is 19.2. The molecule has 0 radical (unpaired) electrons. The van der Waals surface area contributed by atoms with Crippen molar-refractivity contribution in [1.82, 2.24) is 0 Å². The van der Waals surface area contributed by atoms with Crippen molar-refractivity contribution in [2.24, 2.45) is 23.7 Å². The number of aliphatic hydroxyl groups is 19. The summed E-state index contributed by atoms with van der Waals surface area (Å²) in [6.45, 7) is -2.79. The molecule has 5 heterocycles. The van der Waals surface area contributed by atoms with Gasteiger partial charge in [-0.15, -0.1) is 0 Å². The van der Waals surface area contributed by atoms with Gasteiger partial charge in [-0.2, -0.15) is 0 Å². The Bertz CT molecular complexity index is 2310. The first-order valence-corrected chi connectivity index (χ1v) is 30.9. The number of carboxylic acid groups (broad SMARTS) is 1. The summed E-state index contributed by atoms with van der Waals surface area (Å²) < 4.78 is 69.0. The van der Waals surface area contributed by atoms with E-state index in [1.807, 2.05) is 0 Å². The molecule has 5 saturated heterocycles. The minimum absolute atomic E-state index is 0.0578. The molecule has 0 aromatic rings. The van der Waals surface area contributed by atoms with Crippen LogP contribution in [0, 0.1) is 23.7 Å². The number of esters is 3. The second-order valence-corrected chi connectivity index (χ2v) is 25.4. The van der Waals surface area contributed by atoms with Crippen molar-refractivity contribution in [3.63, 3.8) is 0 Å². The summed E-state index contributed by atoms with van der Waals surface area (Å²) in [4.78, 5) is 49.5. The predicted molar refractivity (Wildman–Crippen MR) is 286 cm³/mol. The molecule has 0 amide bonds. The number of fused-ring (bicyclic) bond motifs is 1. The number of aliphatic carboxylic acids is 1. The molecular formula is C56H89O34+. The molecule has 0 bridgehead atoms. The van der Waals surface area contributed by atoms with Crippen molar-refractivity contribution in [1.29, 1.82) is 0 Å². The van der Waals surface area contributed by atoms with Gasteiger partial charge in [-0.3, -0.25) is 19.2 Å². The zero-order valence-electron chi connectivity index (χ0n) is 49.0. The zero-order valence-corrected chi connectivity index (χ0v) is 49.0. The molecule has 516 valence electrons. The lowest BCUT2D eigenvalue weighted by Crippen LogP contribution is -2.65. The molecular weight excluding hydrogens is 1220 g/mol. The largest absolute Gasteiger partial charge is 0.481 e. The van der Waals surface area contributed by atoms with Crippen LogP contribution in [0.25, 0.3) is 0 Å². The molecule has 28 atom stereocenters. The summed E-state index contributed by atoms with van der Waals surface area (Å²) in [5.74, 6) is -6.78. The number of hydrogen-bond acceptors (Lipinski definition) is 32. The molecule has 9 fully saturated rings. The molecule has 4 aliphatic carbocycles. The molecule has 8 unspecified atom stereocenters. The molecule has 0 aromatic heterocycles. The van der Waals surface area contributed by atoms with Crippen molar-refractivity contribution in [3.05, 3.63) is 0 Å². The topological polar surface area (TPSA) is 547 Å². The summed E-state index contributed by atoms with van der Waals surface area (Å²) in [6.07, 6.45) is -45.6. The average Bonchev–Trinajstić information content (AvgIpc) is 0.802. The molecule has 0 aromatic carbocycles. The Kier molecular flexibility index (Phi) is 24.6. The summed E-state index contributed by atoms with van der Waals surface area (Å²) >= 11 is 0. The first-order valence-electron chi connectivity index (χ1n) is 30.9. The standard InChI is InChI=1S/C56H88O34/c57-15-31-38(66)42(70)48(76)55(86-31)90-50-45(73)41(69)34(18-81-52(78)20-3-7-23(8-4-20)82-53-46(74)43(71)40(68)33(87-53)17-80-51(77)19-1-5-22(58)6-2-19)89-56(50)83-24-11-26(59)25-13-30(49(84-29(25)12-24)21-9-27(60)37(65)28(61)10-21)85-54-47(75)44(72)39(67)32(88-54)16-79-36(64)14-35(62)63/h19-34,37-50,53-61,65-76H,1-18H2,(H,62,63)/p+1/t19?,20?,21?,22?,23?,24?,25?,26?,27?,28?,29?,30?,31-,32-,33-,34-,37?,38-,39-,40-,41-,42+,43+,44+,45+,46-,47-,48-,49?,50-,53-,54-,55+,56-/m1/s1. The number of rotatable bonds is 20. The van der Waals surface area contributed by atoms with E-state index in [1.54, 1.807) is 0 Å². The van der Waals surface area contributed by atoms with Crippen LogP contribution in [0.2, 0.25) is 0 Å². The summed E-state index contributed by atoms with van der Waals surface area (Å²) in [6, 6.07) is 0. The van der Waals surface area contributed by atoms with Gasteiger partial charge in [0.15, 0.2) is 37.4 Å². The summed E-state index contributed by atoms with van der Waals surface area (Å²) in [5.41, 5.74) is 0. The second-order valence-electron chi connectivity index (χ2n) is 25.4. The molecule has 5 aliphatic heterocycles. The number of carbonyl (C=O) groups excluding carboxylic acids is 3. The van der Waals surface area contributed by atoms with E-state index in [1.165, 1.54) is 0 Å². The predicted octanol–water partition coefficient (Wildman–Crippen LogP) is -8.83. The van der Waals surface area contributed by atoms with Crippen LogP contribution in [0.15, 0.2) is 0 Å². The van der Waals surface area contributed by atoms with Gasteiger partial charge in [-0.05, 0) is 70.6 Å². The highest BCUT2D eigenvalue weighted by Gasteiger charge is 2.58. The van der Waals surface area contributed by atoms with E-state index in [0.717, 1.165) is 0 Å². The monoisotopic (exact) mass is 1310 g/mol. The Labute approximate surface area is 514 Å². The number of ether oxygens (including phenoxy) is 12. The fourth-order valence-corrected chi connectivity index (χ4v) is 13.8. The Hall–Kier alpha value is -3.16. The van der Waals surface area contributed by atoms with Crippen LogP contribution >= 0.6 is 0 Å². The SMILES string of the molecule is O=C(O)CC(=O)OC[C@H]1O[C@@H](OC2CC3C(O)CC(O[C@@H]4O[C@H](COC(=O)C5CCC(O[C@@H]6O[C@H](COC(=O)C7CCC(O)CC7)[C@@H](O)[C@H](O)[C@H]6O)CC5)[C@@H](O)[C@H](O)[C@H]4O[C@@H]4O[C@H](CO)[C@@H](O)[C@H](O)[C@H]4O)CC3[OH+]C2C2CC(O)C(O)C(O)C2)[C@H](O)[C@@H](O)[C@@H]1O. The van der Waals surface area contributed by atoms with Crippen LogP contribution in [0.1, 0.15) is 89.9 Å². The van der Waals surface area contributed by atoms with Crippen LogP contribution < -0.4 is 0 Å². The Morgan fingerprint density at radius 3 is 1.41 bits per heavy atom. The van der Waals surface area contributed by atoms with Crippen molar-refractivity contribution in [3.8, 4) is 0 Å². The number of aliphatic hydroxyl groups excluding tert-OH is 17. The highest BCUT2D eigenvalue weighted by molar-refractivity contribution is 5.90. The van der Waals surface area contributed by atoms with Gasteiger partial charge in [0, 0.05) is 18.8 Å². The maximum Gasteiger partial charge on any atom is 0.317 e. The third-order valence-electron chi connectivity index (χ3n) is 19.2. The molecule has 19 N–H and O–H groups in total. The minimum Gasteiger partial charge on any atom is -0.481 e. The smallest absolute Gasteiger partial charge is 0.317 e. The maximum absolute atomic E-state index is 13.7. The van der Waals surface area contributed by atoms with Crippen LogP contribution in [-0.4, -0.2) is 331 Å². The van der Waals surface area contributed by atoms with Gasteiger partial charge < -0.3 is 149 Å². The van der Waals surface area contributed by atoms with E-state index in [0.29, 0.717) is 25.7 Å². The van der Waals surface area contributed by atoms with Crippen molar-refractivity contribution in [2.45, 2.75) is 274 Å². The molecule has 9 aliphatic rings. The van der Waals surface area contributed by atoms with Gasteiger partial charge in [-0.25, -0.2) is 0 Å². The van der Waals surface area contributed by atoms with Crippen LogP contribution in [0.3, 0.4) is 0 Å². The van der Waals surface area contributed by atoms with E-state index < -0.39 is 264 Å². The Morgan fingerprint density at radius 2 is 0.878 bits per heavy atom. The highest BCUT2D eigenvalue weighted by Crippen LogP contribution is 2.44. The second kappa shape index (κ2) is 31.1. The first-order chi connectivity index (χ1) is 42.7. The van der Waals surface area contributed by atoms with Crippen molar-refractivity contribution < 1.29 is 168 Å². The normalized spacial score (nSPS) is 48.5. The highest BCUT2D eigenvalue weighted by atomic mass is 16.8. The van der Waals surface area contributed by atoms with E-state index in [-0.39, 0.29) is 57.8 Å².